The van der Waals surface area contributed by atoms with Crippen LogP contribution in [-0.4, -0.2) is 40.4 Å². The Bertz CT molecular complexity index is 822. The molecular formula is C20H22ClFN2O4. The molecule has 2 N–H and O–H groups in total. The molecule has 0 aliphatic carbocycles. The number of hydrogen-bond acceptors (Lipinski definition) is 4. The molecule has 8 heteroatoms. The van der Waals surface area contributed by atoms with Crippen LogP contribution in [-0.2, 0) is 4.79 Å². The van der Waals surface area contributed by atoms with E-state index in [2.05, 4.69) is 5.32 Å². The molecule has 2 amide bonds. The van der Waals surface area contributed by atoms with Gasteiger partial charge in [-0.3, -0.25) is 9.59 Å². The van der Waals surface area contributed by atoms with Gasteiger partial charge in [0.1, 0.15) is 18.0 Å². The number of nitrogens with zero attached hydrogens (tertiary/aromatic N) is 1. The van der Waals surface area contributed by atoms with E-state index in [0.717, 1.165) is 12.8 Å². The summed E-state index contributed by atoms with van der Waals surface area (Å²) in [6.07, 6.45) is 2.18. The molecule has 3 atom stereocenters. The Balaban J connectivity index is 1.72. The average Bonchev–Trinajstić information content (AvgIpc) is 3.22. The van der Waals surface area contributed by atoms with Crippen LogP contribution in [0.3, 0.4) is 0 Å². The quantitative estimate of drug-likeness (QED) is 0.795. The predicted molar refractivity (Wildman–Crippen MR) is 101 cm³/mol. The van der Waals surface area contributed by atoms with Crippen LogP contribution >= 0.6 is 11.6 Å². The molecule has 1 aromatic carbocycles. The van der Waals surface area contributed by atoms with E-state index in [1.165, 1.54) is 29.4 Å². The molecule has 2 heterocycles. The Labute approximate surface area is 167 Å². The maximum absolute atomic E-state index is 14.1. The van der Waals surface area contributed by atoms with Gasteiger partial charge in [-0.25, -0.2) is 4.39 Å². The van der Waals surface area contributed by atoms with Crippen molar-refractivity contribution >= 4 is 23.4 Å². The van der Waals surface area contributed by atoms with Crippen LogP contribution in [0.1, 0.15) is 48.4 Å². The van der Waals surface area contributed by atoms with Gasteiger partial charge < -0.3 is 19.7 Å². The first-order valence-electron chi connectivity index (χ1n) is 9.17. The summed E-state index contributed by atoms with van der Waals surface area (Å²) in [6, 6.07) is 5.80. The van der Waals surface area contributed by atoms with Gasteiger partial charge in [0.25, 0.3) is 5.91 Å². The van der Waals surface area contributed by atoms with Crippen LogP contribution in [0.2, 0.25) is 5.02 Å². The highest BCUT2D eigenvalue weighted by atomic mass is 35.5. The lowest BCUT2D eigenvalue weighted by molar-refractivity contribution is -0.128. The van der Waals surface area contributed by atoms with Gasteiger partial charge in [-0.05, 0) is 50.5 Å². The maximum atomic E-state index is 14.1. The Kier molecular flexibility index (Phi) is 6.36. The van der Waals surface area contributed by atoms with Crippen molar-refractivity contribution in [1.82, 2.24) is 10.2 Å². The number of furan rings is 1. The van der Waals surface area contributed by atoms with Crippen molar-refractivity contribution in [2.24, 2.45) is 0 Å². The minimum atomic E-state index is -1.32. The highest BCUT2D eigenvalue weighted by molar-refractivity contribution is 6.31. The third kappa shape index (κ3) is 4.20. The molecular weight excluding hydrogens is 387 g/mol. The van der Waals surface area contributed by atoms with Crippen LogP contribution in [0.4, 0.5) is 4.39 Å². The fourth-order valence-electron chi connectivity index (χ4n) is 3.43. The second-order valence-corrected chi connectivity index (χ2v) is 7.27. The van der Waals surface area contributed by atoms with Crippen LogP contribution in [0.15, 0.2) is 41.0 Å². The summed E-state index contributed by atoms with van der Waals surface area (Å²) in [4.78, 5) is 26.9. The third-order valence-corrected chi connectivity index (χ3v) is 5.27. The first kappa shape index (κ1) is 20.4. The zero-order chi connectivity index (χ0) is 20.3. The smallest absolute Gasteiger partial charge is 0.290 e. The molecule has 0 saturated carbocycles. The lowest BCUT2D eigenvalue weighted by Gasteiger charge is -2.35. The number of rotatable bonds is 5. The van der Waals surface area contributed by atoms with E-state index in [1.807, 2.05) is 0 Å². The minimum Gasteiger partial charge on any atom is -0.459 e. The molecule has 1 fully saturated rings. The van der Waals surface area contributed by atoms with Crippen molar-refractivity contribution in [1.29, 1.82) is 0 Å². The molecule has 150 valence electrons. The number of amides is 2. The zero-order valence-electron chi connectivity index (χ0n) is 15.4. The van der Waals surface area contributed by atoms with Gasteiger partial charge in [-0.2, -0.15) is 0 Å². The molecule has 0 radical (unpaired) electrons. The molecule has 0 spiro atoms. The van der Waals surface area contributed by atoms with E-state index in [9.17, 15) is 19.1 Å². The van der Waals surface area contributed by atoms with Gasteiger partial charge >= 0.3 is 0 Å². The number of likely N-dealkylation sites (tertiary alicyclic amines) is 1. The van der Waals surface area contributed by atoms with Crippen LogP contribution < -0.4 is 5.32 Å². The van der Waals surface area contributed by atoms with Gasteiger partial charge in [0.2, 0.25) is 5.91 Å². The van der Waals surface area contributed by atoms with Gasteiger partial charge in [0, 0.05) is 17.1 Å². The predicted octanol–water partition coefficient (Wildman–Crippen LogP) is 3.31. The first-order valence-corrected chi connectivity index (χ1v) is 9.54. The van der Waals surface area contributed by atoms with Crippen molar-refractivity contribution in [3.05, 3.63) is 58.8 Å². The number of halogens is 2. The third-order valence-electron chi connectivity index (χ3n) is 4.94. The summed E-state index contributed by atoms with van der Waals surface area (Å²) in [5.74, 6) is -1.23. The van der Waals surface area contributed by atoms with Crippen molar-refractivity contribution in [2.75, 3.05) is 6.54 Å². The van der Waals surface area contributed by atoms with Crippen molar-refractivity contribution in [2.45, 2.75) is 44.4 Å². The number of piperidine rings is 1. The highest BCUT2D eigenvalue weighted by Gasteiger charge is 2.35. The molecule has 1 aliphatic heterocycles. The van der Waals surface area contributed by atoms with E-state index in [1.54, 1.807) is 19.1 Å². The monoisotopic (exact) mass is 408 g/mol. The Morgan fingerprint density at radius 2 is 2.11 bits per heavy atom. The average molecular weight is 409 g/mol. The summed E-state index contributed by atoms with van der Waals surface area (Å²) in [7, 11) is 0. The molecule has 0 bridgehead atoms. The lowest BCUT2D eigenvalue weighted by Crippen LogP contribution is -2.54. The first-order chi connectivity index (χ1) is 13.4. The summed E-state index contributed by atoms with van der Waals surface area (Å²) in [6.45, 7) is 2.00. The Morgan fingerprint density at radius 3 is 2.79 bits per heavy atom. The van der Waals surface area contributed by atoms with Crippen LogP contribution in [0.25, 0.3) is 0 Å². The van der Waals surface area contributed by atoms with Crippen LogP contribution in [0, 0.1) is 5.82 Å². The van der Waals surface area contributed by atoms with Gasteiger partial charge in [0.05, 0.1) is 12.3 Å². The second kappa shape index (κ2) is 8.75. The number of aliphatic hydroxyl groups excluding tert-OH is 1. The van der Waals surface area contributed by atoms with Crippen molar-refractivity contribution in [3.63, 3.8) is 0 Å². The number of nitrogens with one attached hydrogen (secondary N) is 1. The van der Waals surface area contributed by atoms with Gasteiger partial charge in [0.15, 0.2) is 5.76 Å². The van der Waals surface area contributed by atoms with E-state index in [0.29, 0.717) is 13.0 Å². The van der Waals surface area contributed by atoms with E-state index in [-0.39, 0.29) is 22.3 Å². The van der Waals surface area contributed by atoms with E-state index >= 15 is 0 Å². The molecule has 6 nitrogen and oxygen atoms in total. The molecule has 28 heavy (non-hydrogen) atoms. The maximum Gasteiger partial charge on any atom is 0.290 e. The zero-order valence-corrected chi connectivity index (χ0v) is 16.2. The SMILES string of the molecule is C[C@H](NC(=O)[C@@H]1CCCCN1C(=O)c1ccco1)[C@@H](O)c1c(F)cccc1Cl. The topological polar surface area (TPSA) is 82.8 Å². The Hall–Kier alpha value is -2.38. The van der Waals surface area contributed by atoms with Crippen molar-refractivity contribution < 1.29 is 23.5 Å². The standard InChI is InChI=1S/C20H22ClFN2O4/c1-12(18(25)17-13(21)6-4-7-14(17)22)23-19(26)15-8-2-3-10-24(15)20(27)16-9-5-11-28-16/h4-7,9,11-12,15,18,25H,2-3,8,10H2,1H3,(H,23,26)/t12-,15-,18+/m0/s1. The number of carbonyl (C=O) groups is 2. The fourth-order valence-corrected chi connectivity index (χ4v) is 3.71. The van der Waals surface area contributed by atoms with Crippen molar-refractivity contribution in [3.8, 4) is 0 Å². The molecule has 1 aliphatic rings. The van der Waals surface area contributed by atoms with Crippen LogP contribution in [0.5, 0.6) is 0 Å². The minimum absolute atomic E-state index is 0.0656. The summed E-state index contributed by atoms with van der Waals surface area (Å²) >= 11 is 6.00. The molecule has 1 aromatic heterocycles. The number of aliphatic hydroxyl groups is 1. The normalized spacial score (nSPS) is 19.1. The number of carbonyl (C=O) groups excluding carboxylic acids is 2. The fraction of sp³-hybridized carbons (Fsp3) is 0.400. The molecule has 1 saturated heterocycles. The lowest BCUT2D eigenvalue weighted by atomic mass is 9.99. The van der Waals surface area contributed by atoms with Gasteiger partial charge in [-0.15, -0.1) is 0 Å². The van der Waals surface area contributed by atoms with Gasteiger partial charge in [-0.1, -0.05) is 17.7 Å². The van der Waals surface area contributed by atoms with E-state index < -0.39 is 29.9 Å². The summed E-state index contributed by atoms with van der Waals surface area (Å²) < 4.78 is 19.2. The second-order valence-electron chi connectivity index (χ2n) is 6.86. The summed E-state index contributed by atoms with van der Waals surface area (Å²) in [5, 5.41) is 13.3. The molecule has 3 rings (SSSR count). The highest BCUT2D eigenvalue weighted by Crippen LogP contribution is 2.28. The number of benzene rings is 1. The molecule has 2 aromatic rings. The largest absolute Gasteiger partial charge is 0.459 e. The molecule has 0 unspecified atom stereocenters. The summed E-state index contributed by atoms with van der Waals surface area (Å²) in [5.41, 5.74) is -0.0656. The van der Waals surface area contributed by atoms with E-state index in [4.69, 9.17) is 16.0 Å². The number of hydrogen-bond donors (Lipinski definition) is 2. The Morgan fingerprint density at radius 1 is 1.32 bits per heavy atom.